The molecular formula is C24H22O. The Kier molecular flexibility index (Phi) is 5.48. The van der Waals surface area contributed by atoms with Gasteiger partial charge in [-0.05, 0) is 37.6 Å². The highest BCUT2D eigenvalue weighted by Crippen LogP contribution is 2.21. The summed E-state index contributed by atoms with van der Waals surface area (Å²) in [6.45, 7) is 4.18. The van der Waals surface area contributed by atoms with Gasteiger partial charge in [0.25, 0.3) is 0 Å². The van der Waals surface area contributed by atoms with Crippen molar-refractivity contribution in [2.45, 2.75) is 13.8 Å². The topological polar surface area (TPSA) is 9.23 Å². The maximum Gasteiger partial charge on any atom is 0.134 e. The lowest BCUT2D eigenvalue weighted by Crippen LogP contribution is -1.94. The molecule has 0 aliphatic heterocycles. The van der Waals surface area contributed by atoms with Gasteiger partial charge in [-0.3, -0.25) is 0 Å². The van der Waals surface area contributed by atoms with Crippen molar-refractivity contribution in [3.8, 4) is 5.75 Å². The molecule has 0 aliphatic carbocycles. The van der Waals surface area contributed by atoms with Crippen molar-refractivity contribution in [2.24, 2.45) is 0 Å². The number of allylic oxidation sites excluding steroid dienone is 2. The molecule has 124 valence electrons. The quantitative estimate of drug-likeness (QED) is 0.387. The highest BCUT2D eigenvalue weighted by Gasteiger charge is 2.03. The van der Waals surface area contributed by atoms with Crippen LogP contribution in [0.2, 0.25) is 0 Å². The van der Waals surface area contributed by atoms with E-state index in [1.165, 1.54) is 16.7 Å². The summed E-state index contributed by atoms with van der Waals surface area (Å²) in [5.74, 6) is 1.66. The molecule has 0 atom stereocenters. The number of benzene rings is 3. The lowest BCUT2D eigenvalue weighted by atomic mass is 10.1. The molecule has 3 aromatic carbocycles. The third-order valence-corrected chi connectivity index (χ3v) is 3.92. The standard InChI is InChI=1S/C24H22O/c1-19-11-15-21(16-12-19)7-6-10-24(22-17-13-20(2)14-18-22)25-23-8-4-3-5-9-23/h3-18H,1-2H3/b7-6+,24-10+. The summed E-state index contributed by atoms with van der Waals surface area (Å²) in [5.41, 5.74) is 4.73. The van der Waals surface area contributed by atoms with Crippen molar-refractivity contribution in [1.82, 2.24) is 0 Å². The zero-order chi connectivity index (χ0) is 17.5. The van der Waals surface area contributed by atoms with Gasteiger partial charge in [0.15, 0.2) is 0 Å². The van der Waals surface area contributed by atoms with E-state index in [0.717, 1.165) is 17.1 Å². The van der Waals surface area contributed by atoms with Gasteiger partial charge in [0.1, 0.15) is 11.5 Å². The molecule has 3 rings (SSSR count). The van der Waals surface area contributed by atoms with Crippen molar-refractivity contribution in [1.29, 1.82) is 0 Å². The van der Waals surface area contributed by atoms with Gasteiger partial charge in [-0.25, -0.2) is 0 Å². The van der Waals surface area contributed by atoms with Crippen LogP contribution < -0.4 is 4.74 Å². The molecule has 0 radical (unpaired) electrons. The molecule has 0 amide bonds. The van der Waals surface area contributed by atoms with E-state index in [0.29, 0.717) is 0 Å². The average Bonchev–Trinajstić information content (AvgIpc) is 2.64. The van der Waals surface area contributed by atoms with Crippen LogP contribution in [0.4, 0.5) is 0 Å². The SMILES string of the molecule is Cc1ccc(/C=C/C=C(/Oc2ccccc2)c2ccc(C)cc2)cc1. The normalized spacial score (nSPS) is 11.7. The van der Waals surface area contributed by atoms with Crippen LogP contribution in [0.1, 0.15) is 22.3 Å². The number of rotatable bonds is 5. The van der Waals surface area contributed by atoms with E-state index in [9.17, 15) is 0 Å². The first-order valence-corrected chi connectivity index (χ1v) is 8.46. The molecule has 1 nitrogen and oxygen atoms in total. The van der Waals surface area contributed by atoms with E-state index in [2.05, 4.69) is 68.5 Å². The Hall–Kier alpha value is -3.06. The van der Waals surface area contributed by atoms with Gasteiger partial charge in [0.05, 0.1) is 0 Å². The fourth-order valence-corrected chi connectivity index (χ4v) is 2.45. The monoisotopic (exact) mass is 326 g/mol. The molecule has 0 unspecified atom stereocenters. The number of ether oxygens (including phenoxy) is 1. The molecule has 0 saturated carbocycles. The molecule has 0 fully saturated rings. The van der Waals surface area contributed by atoms with Gasteiger partial charge < -0.3 is 4.74 Å². The minimum absolute atomic E-state index is 0.828. The maximum absolute atomic E-state index is 6.11. The molecule has 1 heteroatoms. The predicted octanol–water partition coefficient (Wildman–Crippen LogP) is 6.44. The third kappa shape index (κ3) is 4.95. The van der Waals surface area contributed by atoms with E-state index in [1.54, 1.807) is 0 Å². The summed E-state index contributed by atoms with van der Waals surface area (Å²) in [7, 11) is 0. The summed E-state index contributed by atoms with van der Waals surface area (Å²) in [4.78, 5) is 0. The lowest BCUT2D eigenvalue weighted by Gasteiger charge is -2.10. The van der Waals surface area contributed by atoms with Crippen LogP contribution in [0, 0.1) is 13.8 Å². The van der Waals surface area contributed by atoms with Gasteiger partial charge in [0.2, 0.25) is 0 Å². The summed E-state index contributed by atoms with van der Waals surface area (Å²) in [5, 5.41) is 0. The molecule has 0 N–H and O–H groups in total. The first-order chi connectivity index (χ1) is 12.2. The van der Waals surface area contributed by atoms with Gasteiger partial charge in [-0.15, -0.1) is 0 Å². The molecular weight excluding hydrogens is 304 g/mol. The van der Waals surface area contributed by atoms with E-state index in [1.807, 2.05) is 42.5 Å². The van der Waals surface area contributed by atoms with Gasteiger partial charge >= 0.3 is 0 Å². The second-order valence-electron chi connectivity index (χ2n) is 6.08. The zero-order valence-electron chi connectivity index (χ0n) is 14.6. The van der Waals surface area contributed by atoms with E-state index >= 15 is 0 Å². The number of para-hydroxylation sites is 1. The molecule has 3 aromatic rings. The van der Waals surface area contributed by atoms with Gasteiger partial charge in [0, 0.05) is 5.56 Å². The van der Waals surface area contributed by atoms with Crippen molar-refractivity contribution in [3.63, 3.8) is 0 Å². The molecule has 25 heavy (non-hydrogen) atoms. The van der Waals surface area contributed by atoms with Crippen LogP contribution in [0.15, 0.2) is 91.0 Å². The largest absolute Gasteiger partial charge is 0.457 e. The lowest BCUT2D eigenvalue weighted by molar-refractivity contribution is 0.515. The summed E-state index contributed by atoms with van der Waals surface area (Å²) in [6, 6.07) is 26.7. The fraction of sp³-hybridized carbons (Fsp3) is 0.0833. The molecule has 0 saturated heterocycles. The Morgan fingerprint density at radius 3 is 1.96 bits per heavy atom. The number of hydrogen-bond donors (Lipinski definition) is 0. The zero-order valence-corrected chi connectivity index (χ0v) is 14.6. The Morgan fingerprint density at radius 2 is 1.32 bits per heavy atom. The van der Waals surface area contributed by atoms with Gasteiger partial charge in [-0.1, -0.05) is 90.0 Å². The summed E-state index contributed by atoms with van der Waals surface area (Å²) >= 11 is 0. The van der Waals surface area contributed by atoms with Crippen molar-refractivity contribution in [3.05, 3.63) is 113 Å². The fourth-order valence-electron chi connectivity index (χ4n) is 2.45. The maximum atomic E-state index is 6.11. The molecule has 0 heterocycles. The molecule has 0 spiro atoms. The van der Waals surface area contributed by atoms with Crippen LogP contribution >= 0.6 is 0 Å². The van der Waals surface area contributed by atoms with Crippen molar-refractivity contribution >= 4 is 11.8 Å². The third-order valence-electron chi connectivity index (χ3n) is 3.92. The average molecular weight is 326 g/mol. The minimum Gasteiger partial charge on any atom is -0.457 e. The van der Waals surface area contributed by atoms with Crippen LogP contribution in [0.3, 0.4) is 0 Å². The van der Waals surface area contributed by atoms with Crippen LogP contribution in [-0.2, 0) is 0 Å². The highest BCUT2D eigenvalue weighted by molar-refractivity contribution is 5.66. The first-order valence-electron chi connectivity index (χ1n) is 8.46. The van der Waals surface area contributed by atoms with Crippen LogP contribution in [-0.4, -0.2) is 0 Å². The van der Waals surface area contributed by atoms with Crippen molar-refractivity contribution in [2.75, 3.05) is 0 Å². The summed E-state index contributed by atoms with van der Waals surface area (Å²) < 4.78 is 6.11. The van der Waals surface area contributed by atoms with Crippen LogP contribution in [0.25, 0.3) is 11.8 Å². The Labute approximate surface area is 149 Å². The van der Waals surface area contributed by atoms with E-state index < -0.39 is 0 Å². The minimum atomic E-state index is 0.828. The number of hydrogen-bond acceptors (Lipinski definition) is 1. The Bertz CT molecular complexity index is 854. The molecule has 0 bridgehead atoms. The first kappa shape index (κ1) is 16.8. The second-order valence-corrected chi connectivity index (χ2v) is 6.08. The smallest absolute Gasteiger partial charge is 0.134 e. The highest BCUT2D eigenvalue weighted by atomic mass is 16.5. The second kappa shape index (κ2) is 8.16. The molecule has 0 aromatic heterocycles. The summed E-state index contributed by atoms with van der Waals surface area (Å²) in [6.07, 6.45) is 6.13. The van der Waals surface area contributed by atoms with E-state index in [4.69, 9.17) is 4.74 Å². The van der Waals surface area contributed by atoms with Crippen LogP contribution in [0.5, 0.6) is 5.75 Å². The van der Waals surface area contributed by atoms with E-state index in [-0.39, 0.29) is 0 Å². The molecule has 0 aliphatic rings. The number of aryl methyl sites for hydroxylation is 2. The Balaban J connectivity index is 1.86. The van der Waals surface area contributed by atoms with Crippen molar-refractivity contribution < 1.29 is 4.74 Å². The van der Waals surface area contributed by atoms with Gasteiger partial charge in [-0.2, -0.15) is 0 Å². The predicted molar refractivity (Wildman–Crippen MR) is 106 cm³/mol. The Morgan fingerprint density at radius 1 is 0.720 bits per heavy atom.